The van der Waals surface area contributed by atoms with Crippen molar-refractivity contribution in [2.45, 2.75) is 11.7 Å². The quantitative estimate of drug-likeness (QED) is 0.580. The van der Waals surface area contributed by atoms with Gasteiger partial charge in [0, 0.05) is 19.2 Å². The van der Waals surface area contributed by atoms with Crippen molar-refractivity contribution in [3.8, 4) is 11.4 Å². The highest BCUT2D eigenvalue weighted by Gasteiger charge is 2.17. The third kappa shape index (κ3) is 4.43. The van der Waals surface area contributed by atoms with Gasteiger partial charge in [0.05, 0.1) is 12.9 Å². The van der Waals surface area contributed by atoms with Gasteiger partial charge in [0.15, 0.2) is 0 Å². The molecular formula is C18H18FN5O2S. The zero-order chi connectivity index (χ0) is 19.2. The van der Waals surface area contributed by atoms with Crippen LogP contribution in [0.3, 0.4) is 0 Å². The van der Waals surface area contributed by atoms with Crippen molar-refractivity contribution in [1.82, 2.24) is 25.1 Å². The molecule has 0 fully saturated rings. The number of ether oxygens (including phenoxy) is 1. The monoisotopic (exact) mass is 387 g/mol. The minimum absolute atomic E-state index is 0.125. The van der Waals surface area contributed by atoms with Crippen molar-refractivity contribution in [3.63, 3.8) is 0 Å². The highest BCUT2D eigenvalue weighted by atomic mass is 32.2. The summed E-state index contributed by atoms with van der Waals surface area (Å²) in [5.41, 5.74) is 1.15. The van der Waals surface area contributed by atoms with Crippen molar-refractivity contribution in [2.75, 3.05) is 19.9 Å². The predicted molar refractivity (Wildman–Crippen MR) is 99.3 cm³/mol. The van der Waals surface area contributed by atoms with Gasteiger partial charge in [-0.2, -0.15) is 4.68 Å². The number of halogens is 1. The number of tetrazole rings is 1. The maximum absolute atomic E-state index is 13.7. The molecule has 0 unspecified atom stereocenters. The number of hydrogen-bond acceptors (Lipinski definition) is 6. The Morgan fingerprint density at radius 2 is 1.96 bits per heavy atom. The van der Waals surface area contributed by atoms with Crippen molar-refractivity contribution in [2.24, 2.45) is 0 Å². The van der Waals surface area contributed by atoms with Gasteiger partial charge < -0.3 is 9.64 Å². The Morgan fingerprint density at radius 1 is 1.22 bits per heavy atom. The maximum atomic E-state index is 13.7. The molecule has 1 heterocycles. The first-order chi connectivity index (χ1) is 13.1. The van der Waals surface area contributed by atoms with E-state index in [1.807, 2.05) is 18.2 Å². The molecule has 140 valence electrons. The van der Waals surface area contributed by atoms with Crippen LogP contribution in [0, 0.1) is 5.82 Å². The number of carbonyl (C=O) groups excluding carboxylic acids is 1. The van der Waals surface area contributed by atoms with Gasteiger partial charge in [0.2, 0.25) is 11.1 Å². The summed E-state index contributed by atoms with van der Waals surface area (Å²) in [4.78, 5) is 13.9. The summed E-state index contributed by atoms with van der Waals surface area (Å²) in [6.07, 6.45) is 0. The van der Waals surface area contributed by atoms with Crippen LogP contribution in [0.25, 0.3) is 5.69 Å². The van der Waals surface area contributed by atoms with Crippen LogP contribution in [0.5, 0.6) is 5.75 Å². The molecule has 0 bridgehead atoms. The molecule has 0 atom stereocenters. The van der Waals surface area contributed by atoms with E-state index >= 15 is 0 Å². The number of benzene rings is 2. The van der Waals surface area contributed by atoms with Crippen LogP contribution in [0.2, 0.25) is 0 Å². The largest absolute Gasteiger partial charge is 0.494 e. The number of nitrogens with zero attached hydrogens (tertiary/aromatic N) is 5. The SMILES string of the molecule is COc1ccccc1-n1nnnc1SCC(=O)N(C)Cc1ccccc1F. The summed E-state index contributed by atoms with van der Waals surface area (Å²) in [6, 6.07) is 13.7. The van der Waals surface area contributed by atoms with Gasteiger partial charge in [0.1, 0.15) is 17.3 Å². The second kappa shape index (κ2) is 8.63. The molecule has 0 aliphatic heterocycles. The van der Waals surface area contributed by atoms with E-state index in [1.165, 1.54) is 27.4 Å². The molecule has 27 heavy (non-hydrogen) atoms. The Bertz CT molecular complexity index is 933. The number of thioether (sulfide) groups is 1. The first kappa shape index (κ1) is 18.8. The lowest BCUT2D eigenvalue weighted by Gasteiger charge is -2.17. The summed E-state index contributed by atoms with van der Waals surface area (Å²) in [7, 11) is 3.20. The molecular weight excluding hydrogens is 369 g/mol. The van der Waals surface area contributed by atoms with Crippen LogP contribution >= 0.6 is 11.8 Å². The van der Waals surface area contributed by atoms with Crippen LogP contribution in [0.15, 0.2) is 53.7 Å². The van der Waals surface area contributed by atoms with Crippen molar-refractivity contribution >= 4 is 17.7 Å². The third-order valence-corrected chi connectivity index (χ3v) is 4.77. The molecule has 7 nitrogen and oxygen atoms in total. The summed E-state index contributed by atoms with van der Waals surface area (Å²) < 4.78 is 20.6. The van der Waals surface area contributed by atoms with E-state index in [2.05, 4.69) is 15.5 Å². The Hall–Kier alpha value is -2.94. The van der Waals surface area contributed by atoms with Gasteiger partial charge in [-0.1, -0.05) is 42.1 Å². The summed E-state index contributed by atoms with van der Waals surface area (Å²) in [6.45, 7) is 0.198. The van der Waals surface area contributed by atoms with E-state index in [1.54, 1.807) is 38.4 Å². The zero-order valence-electron chi connectivity index (χ0n) is 14.9. The molecule has 2 aromatic carbocycles. The summed E-state index contributed by atoms with van der Waals surface area (Å²) in [5, 5.41) is 12.1. The van der Waals surface area contributed by atoms with Gasteiger partial charge in [0.25, 0.3) is 0 Å². The molecule has 9 heteroatoms. The number of aromatic nitrogens is 4. The molecule has 3 rings (SSSR count). The summed E-state index contributed by atoms with van der Waals surface area (Å²) >= 11 is 1.21. The first-order valence-corrected chi connectivity index (χ1v) is 9.10. The number of rotatable bonds is 7. The molecule has 0 spiro atoms. The minimum atomic E-state index is -0.329. The molecule has 0 N–H and O–H groups in total. The van der Waals surface area contributed by atoms with E-state index in [0.29, 0.717) is 22.2 Å². The fourth-order valence-electron chi connectivity index (χ4n) is 2.43. The van der Waals surface area contributed by atoms with E-state index < -0.39 is 0 Å². The van der Waals surface area contributed by atoms with E-state index in [-0.39, 0.29) is 24.0 Å². The Balaban J connectivity index is 1.66. The molecule has 0 saturated carbocycles. The average Bonchev–Trinajstić information content (AvgIpc) is 3.16. The van der Waals surface area contributed by atoms with Crippen molar-refractivity contribution in [3.05, 3.63) is 59.9 Å². The maximum Gasteiger partial charge on any atom is 0.233 e. The third-order valence-electron chi connectivity index (χ3n) is 3.87. The normalized spacial score (nSPS) is 10.6. The Morgan fingerprint density at radius 3 is 2.74 bits per heavy atom. The van der Waals surface area contributed by atoms with Crippen LogP contribution in [0.4, 0.5) is 4.39 Å². The van der Waals surface area contributed by atoms with Gasteiger partial charge in [-0.25, -0.2) is 4.39 Å². The molecule has 1 aromatic heterocycles. The number of carbonyl (C=O) groups is 1. The standard InChI is InChI=1S/C18H18FN5O2S/c1-23(11-13-7-3-4-8-14(13)19)17(25)12-27-18-20-21-22-24(18)15-9-5-6-10-16(15)26-2/h3-10H,11-12H2,1-2H3. The lowest BCUT2D eigenvalue weighted by molar-refractivity contribution is -0.127. The van der Waals surface area contributed by atoms with E-state index in [4.69, 9.17) is 4.74 Å². The fraction of sp³-hybridized carbons (Fsp3) is 0.222. The topological polar surface area (TPSA) is 73.1 Å². The molecule has 0 radical (unpaired) electrons. The van der Waals surface area contributed by atoms with E-state index in [9.17, 15) is 9.18 Å². The Labute approximate surface area is 160 Å². The van der Waals surface area contributed by atoms with Crippen molar-refractivity contribution in [1.29, 1.82) is 0 Å². The smallest absolute Gasteiger partial charge is 0.233 e. The van der Waals surface area contributed by atoms with Crippen molar-refractivity contribution < 1.29 is 13.9 Å². The second-order valence-corrected chi connectivity index (χ2v) is 6.62. The van der Waals surface area contributed by atoms with Gasteiger partial charge in [-0.05, 0) is 28.6 Å². The van der Waals surface area contributed by atoms with Crippen LogP contribution in [-0.2, 0) is 11.3 Å². The molecule has 0 aliphatic rings. The molecule has 0 aliphatic carbocycles. The lowest BCUT2D eigenvalue weighted by Crippen LogP contribution is -2.28. The van der Waals surface area contributed by atoms with E-state index in [0.717, 1.165) is 0 Å². The van der Waals surface area contributed by atoms with Gasteiger partial charge in [-0.15, -0.1) is 5.10 Å². The predicted octanol–water partition coefficient (Wildman–Crippen LogP) is 2.56. The van der Waals surface area contributed by atoms with Crippen LogP contribution < -0.4 is 4.74 Å². The Kier molecular flexibility index (Phi) is 6.02. The lowest BCUT2D eigenvalue weighted by atomic mass is 10.2. The number of hydrogen-bond donors (Lipinski definition) is 0. The molecule has 0 saturated heterocycles. The number of amides is 1. The highest BCUT2D eigenvalue weighted by molar-refractivity contribution is 7.99. The molecule has 1 amide bonds. The second-order valence-electron chi connectivity index (χ2n) is 5.67. The summed E-state index contributed by atoms with van der Waals surface area (Å²) in [5.74, 6) is 0.262. The minimum Gasteiger partial charge on any atom is -0.494 e. The highest BCUT2D eigenvalue weighted by Crippen LogP contribution is 2.25. The fourth-order valence-corrected chi connectivity index (χ4v) is 3.26. The van der Waals surface area contributed by atoms with Gasteiger partial charge >= 0.3 is 0 Å². The number of methoxy groups -OCH3 is 1. The van der Waals surface area contributed by atoms with Gasteiger partial charge in [-0.3, -0.25) is 4.79 Å². The zero-order valence-corrected chi connectivity index (χ0v) is 15.7. The molecule has 3 aromatic rings. The van der Waals surface area contributed by atoms with Crippen LogP contribution in [0.1, 0.15) is 5.56 Å². The first-order valence-electron chi connectivity index (χ1n) is 8.12. The number of para-hydroxylation sites is 2. The average molecular weight is 387 g/mol. The van der Waals surface area contributed by atoms with Crippen LogP contribution in [-0.4, -0.2) is 50.9 Å².